The van der Waals surface area contributed by atoms with Gasteiger partial charge < -0.3 is 5.73 Å². The Morgan fingerprint density at radius 1 is 1.27 bits per heavy atom. The molecule has 0 heterocycles. The lowest BCUT2D eigenvalue weighted by molar-refractivity contribution is 0.251. The molecule has 11 heavy (non-hydrogen) atoms. The van der Waals surface area contributed by atoms with Crippen molar-refractivity contribution >= 4 is 0 Å². The smallest absolute Gasteiger partial charge is 0.00645 e. The van der Waals surface area contributed by atoms with Gasteiger partial charge in [-0.05, 0) is 31.1 Å². The molecule has 1 atom stereocenters. The summed E-state index contributed by atoms with van der Waals surface area (Å²) in [5.74, 6) is 1.78. The molecule has 0 radical (unpaired) electrons. The van der Waals surface area contributed by atoms with Crippen LogP contribution in [0.2, 0.25) is 0 Å². The Labute approximate surface area is 70.4 Å². The average molecular weight is 155 g/mol. The van der Waals surface area contributed by atoms with Crippen molar-refractivity contribution in [3.63, 3.8) is 0 Å². The molecule has 0 bridgehead atoms. The summed E-state index contributed by atoms with van der Waals surface area (Å²) >= 11 is 0. The van der Waals surface area contributed by atoms with E-state index in [1.165, 1.54) is 25.7 Å². The van der Waals surface area contributed by atoms with Crippen LogP contribution in [-0.4, -0.2) is 6.04 Å². The van der Waals surface area contributed by atoms with E-state index < -0.39 is 0 Å². The standard InChI is InChI=1S/C10H21N/c1-3-10(11)9-6-4-8(2)5-7-9/h8-10H,3-7,11H2,1-2H3/t8?,9?,10-/m0/s1. The Hall–Kier alpha value is -0.0400. The van der Waals surface area contributed by atoms with Crippen LogP contribution < -0.4 is 5.73 Å². The molecule has 0 spiro atoms. The zero-order valence-corrected chi connectivity index (χ0v) is 7.84. The zero-order chi connectivity index (χ0) is 8.27. The van der Waals surface area contributed by atoms with Gasteiger partial charge in [-0.25, -0.2) is 0 Å². The van der Waals surface area contributed by atoms with Gasteiger partial charge in [0.1, 0.15) is 0 Å². The monoisotopic (exact) mass is 155 g/mol. The molecule has 0 aromatic heterocycles. The zero-order valence-electron chi connectivity index (χ0n) is 7.84. The molecule has 1 fully saturated rings. The highest BCUT2D eigenvalue weighted by Crippen LogP contribution is 2.30. The van der Waals surface area contributed by atoms with Crippen molar-refractivity contribution in [2.45, 2.75) is 52.0 Å². The van der Waals surface area contributed by atoms with Crippen molar-refractivity contribution in [1.82, 2.24) is 0 Å². The van der Waals surface area contributed by atoms with Crippen molar-refractivity contribution in [2.75, 3.05) is 0 Å². The molecular weight excluding hydrogens is 134 g/mol. The number of nitrogens with two attached hydrogens (primary N) is 1. The largest absolute Gasteiger partial charge is 0.327 e. The van der Waals surface area contributed by atoms with E-state index in [4.69, 9.17) is 5.73 Å². The van der Waals surface area contributed by atoms with Crippen LogP contribution in [0, 0.1) is 11.8 Å². The fourth-order valence-corrected chi connectivity index (χ4v) is 2.05. The molecule has 1 rings (SSSR count). The molecule has 1 nitrogen and oxygen atoms in total. The lowest BCUT2D eigenvalue weighted by Gasteiger charge is -2.29. The second kappa shape index (κ2) is 4.10. The normalized spacial score (nSPS) is 35.2. The Morgan fingerprint density at radius 3 is 2.27 bits per heavy atom. The molecular formula is C10H21N. The predicted molar refractivity (Wildman–Crippen MR) is 49.4 cm³/mol. The molecule has 1 aliphatic carbocycles. The van der Waals surface area contributed by atoms with E-state index in [2.05, 4.69) is 13.8 Å². The van der Waals surface area contributed by atoms with Crippen LogP contribution in [-0.2, 0) is 0 Å². The van der Waals surface area contributed by atoms with Gasteiger partial charge in [-0.1, -0.05) is 26.7 Å². The molecule has 0 amide bonds. The summed E-state index contributed by atoms with van der Waals surface area (Å²) in [5, 5.41) is 0. The minimum Gasteiger partial charge on any atom is -0.327 e. The Bertz CT molecular complexity index is 103. The summed E-state index contributed by atoms with van der Waals surface area (Å²) < 4.78 is 0. The molecule has 0 aromatic rings. The van der Waals surface area contributed by atoms with Crippen molar-refractivity contribution in [3.05, 3.63) is 0 Å². The topological polar surface area (TPSA) is 26.0 Å². The van der Waals surface area contributed by atoms with Gasteiger partial charge in [0.05, 0.1) is 0 Å². The third-order valence-corrected chi connectivity index (χ3v) is 3.14. The van der Waals surface area contributed by atoms with Crippen molar-refractivity contribution in [2.24, 2.45) is 17.6 Å². The first-order valence-corrected chi connectivity index (χ1v) is 4.99. The van der Waals surface area contributed by atoms with Gasteiger partial charge in [0.2, 0.25) is 0 Å². The number of rotatable bonds is 2. The molecule has 1 aliphatic rings. The van der Waals surface area contributed by atoms with Crippen LogP contribution in [0.1, 0.15) is 46.0 Å². The quantitative estimate of drug-likeness (QED) is 0.651. The second-order valence-corrected chi connectivity index (χ2v) is 4.09. The number of hydrogen-bond acceptors (Lipinski definition) is 1. The van der Waals surface area contributed by atoms with Crippen molar-refractivity contribution in [3.8, 4) is 0 Å². The van der Waals surface area contributed by atoms with Crippen molar-refractivity contribution < 1.29 is 0 Å². The molecule has 0 saturated heterocycles. The summed E-state index contributed by atoms with van der Waals surface area (Å²) in [5.41, 5.74) is 5.99. The van der Waals surface area contributed by atoms with Crippen LogP contribution >= 0.6 is 0 Å². The molecule has 0 aromatic carbocycles. The molecule has 1 saturated carbocycles. The maximum Gasteiger partial charge on any atom is 0.00645 e. The van der Waals surface area contributed by atoms with Gasteiger partial charge in [-0.3, -0.25) is 0 Å². The van der Waals surface area contributed by atoms with Gasteiger partial charge in [-0.15, -0.1) is 0 Å². The summed E-state index contributed by atoms with van der Waals surface area (Å²) in [6.45, 7) is 4.55. The van der Waals surface area contributed by atoms with Gasteiger partial charge >= 0.3 is 0 Å². The summed E-state index contributed by atoms with van der Waals surface area (Å²) in [7, 11) is 0. The van der Waals surface area contributed by atoms with Gasteiger partial charge in [-0.2, -0.15) is 0 Å². The van der Waals surface area contributed by atoms with E-state index in [-0.39, 0.29) is 0 Å². The first-order valence-electron chi connectivity index (χ1n) is 4.99. The van der Waals surface area contributed by atoms with Gasteiger partial charge in [0.25, 0.3) is 0 Å². The fraction of sp³-hybridized carbons (Fsp3) is 1.00. The van der Waals surface area contributed by atoms with E-state index in [0.29, 0.717) is 6.04 Å². The van der Waals surface area contributed by atoms with E-state index in [0.717, 1.165) is 18.3 Å². The van der Waals surface area contributed by atoms with E-state index in [1.54, 1.807) is 0 Å². The maximum atomic E-state index is 5.99. The van der Waals surface area contributed by atoms with Crippen LogP contribution in [0.25, 0.3) is 0 Å². The molecule has 0 unspecified atom stereocenters. The molecule has 2 N–H and O–H groups in total. The highest BCUT2D eigenvalue weighted by Gasteiger charge is 2.21. The highest BCUT2D eigenvalue weighted by atomic mass is 14.6. The fourth-order valence-electron chi connectivity index (χ4n) is 2.05. The summed E-state index contributed by atoms with van der Waals surface area (Å²) in [4.78, 5) is 0. The lowest BCUT2D eigenvalue weighted by Crippen LogP contribution is -2.31. The van der Waals surface area contributed by atoms with E-state index in [1.807, 2.05) is 0 Å². The van der Waals surface area contributed by atoms with Crippen LogP contribution in [0.3, 0.4) is 0 Å². The predicted octanol–water partition coefficient (Wildman–Crippen LogP) is 2.55. The molecule has 0 aliphatic heterocycles. The second-order valence-electron chi connectivity index (χ2n) is 4.09. The first-order chi connectivity index (χ1) is 5.24. The summed E-state index contributed by atoms with van der Waals surface area (Å²) in [6, 6.07) is 0.475. The third kappa shape index (κ3) is 2.48. The van der Waals surface area contributed by atoms with Gasteiger partial charge in [0, 0.05) is 6.04 Å². The molecule has 1 heteroatoms. The van der Waals surface area contributed by atoms with Gasteiger partial charge in [0.15, 0.2) is 0 Å². The number of hydrogen-bond donors (Lipinski definition) is 1. The Balaban J connectivity index is 2.27. The van der Waals surface area contributed by atoms with Crippen LogP contribution in [0.15, 0.2) is 0 Å². The Kier molecular flexibility index (Phi) is 3.38. The van der Waals surface area contributed by atoms with Crippen LogP contribution in [0.5, 0.6) is 0 Å². The third-order valence-electron chi connectivity index (χ3n) is 3.14. The summed E-state index contributed by atoms with van der Waals surface area (Å²) in [6.07, 6.45) is 6.70. The molecule has 66 valence electrons. The Morgan fingerprint density at radius 2 is 1.82 bits per heavy atom. The van der Waals surface area contributed by atoms with Crippen molar-refractivity contribution in [1.29, 1.82) is 0 Å². The average Bonchev–Trinajstić information content (AvgIpc) is 2.05. The highest BCUT2D eigenvalue weighted by molar-refractivity contribution is 4.77. The minimum absolute atomic E-state index is 0.475. The van der Waals surface area contributed by atoms with E-state index >= 15 is 0 Å². The maximum absolute atomic E-state index is 5.99. The van der Waals surface area contributed by atoms with Crippen LogP contribution in [0.4, 0.5) is 0 Å². The first kappa shape index (κ1) is 9.05. The van der Waals surface area contributed by atoms with E-state index in [9.17, 15) is 0 Å². The SMILES string of the molecule is CC[C@H](N)C1CCC(C)CC1. The minimum atomic E-state index is 0.475. The lowest BCUT2D eigenvalue weighted by atomic mass is 9.79.